The molecule has 2 aliphatic rings. The lowest BCUT2D eigenvalue weighted by Crippen LogP contribution is -2.35. The van der Waals surface area contributed by atoms with Crippen LogP contribution >= 0.6 is 0 Å². The summed E-state index contributed by atoms with van der Waals surface area (Å²) in [4.78, 5) is 0. The fourth-order valence-electron chi connectivity index (χ4n) is 5.74. The molecule has 2 heterocycles. The van der Waals surface area contributed by atoms with Crippen molar-refractivity contribution in [3.63, 3.8) is 0 Å². The SMILES string of the molecule is Oc1cc(O)c2c(c1)OC(c1ccc(O)c(O)c1)C(O)C2c1c(O)cc2c(c1O)COC(c1ccc(O)c(O)c1)C2O. The van der Waals surface area contributed by atoms with Crippen LogP contribution in [0.5, 0.6) is 51.7 Å². The minimum absolute atomic E-state index is 0.0557. The van der Waals surface area contributed by atoms with Gasteiger partial charge in [0.2, 0.25) is 0 Å². The van der Waals surface area contributed by atoms with Crippen LogP contribution in [0.1, 0.15) is 57.6 Å². The fourth-order valence-corrected chi connectivity index (χ4v) is 5.74. The number of ether oxygens (including phenoxy) is 2. The van der Waals surface area contributed by atoms with E-state index in [-0.39, 0.29) is 51.7 Å². The molecular formula is C30H26O12. The Labute approximate surface area is 237 Å². The number of aliphatic hydroxyl groups is 2. The fraction of sp³-hybridized carbons (Fsp3) is 0.200. The number of aromatic hydroxyl groups is 8. The van der Waals surface area contributed by atoms with Crippen molar-refractivity contribution in [1.82, 2.24) is 0 Å². The molecule has 42 heavy (non-hydrogen) atoms. The van der Waals surface area contributed by atoms with Gasteiger partial charge in [-0.1, -0.05) is 12.1 Å². The Kier molecular flexibility index (Phi) is 6.34. The molecule has 0 bridgehead atoms. The molecule has 4 aromatic carbocycles. The second-order valence-corrected chi connectivity index (χ2v) is 10.3. The van der Waals surface area contributed by atoms with Gasteiger partial charge in [-0.15, -0.1) is 0 Å². The first-order valence-electron chi connectivity index (χ1n) is 12.8. The largest absolute Gasteiger partial charge is 0.508 e. The van der Waals surface area contributed by atoms with E-state index in [9.17, 15) is 51.1 Å². The number of fused-ring (bicyclic) bond motifs is 2. The molecule has 0 spiro atoms. The van der Waals surface area contributed by atoms with Gasteiger partial charge in [-0.2, -0.15) is 0 Å². The molecule has 6 rings (SSSR count). The summed E-state index contributed by atoms with van der Waals surface area (Å²) in [5, 5.41) is 106. The number of aliphatic hydroxyl groups excluding tert-OH is 2. The summed E-state index contributed by atoms with van der Waals surface area (Å²) in [6, 6.07) is 11.0. The van der Waals surface area contributed by atoms with E-state index in [1.165, 1.54) is 42.5 Å². The topological polar surface area (TPSA) is 221 Å². The zero-order chi connectivity index (χ0) is 30.0. The Balaban J connectivity index is 1.48. The Morgan fingerprint density at radius 1 is 0.595 bits per heavy atom. The van der Waals surface area contributed by atoms with Crippen molar-refractivity contribution >= 4 is 0 Å². The summed E-state index contributed by atoms with van der Waals surface area (Å²) in [5.74, 6) is -5.08. The first kappa shape index (κ1) is 27.1. The molecule has 5 atom stereocenters. The predicted octanol–water partition coefficient (Wildman–Crippen LogP) is 3.26. The Morgan fingerprint density at radius 3 is 1.81 bits per heavy atom. The van der Waals surface area contributed by atoms with Crippen LogP contribution < -0.4 is 4.74 Å². The van der Waals surface area contributed by atoms with Gasteiger partial charge in [0.25, 0.3) is 0 Å². The maximum Gasteiger partial charge on any atom is 0.157 e. The van der Waals surface area contributed by atoms with Gasteiger partial charge in [0.05, 0.1) is 12.5 Å². The third-order valence-corrected chi connectivity index (χ3v) is 7.76. The summed E-state index contributed by atoms with van der Waals surface area (Å²) < 4.78 is 11.7. The Hall–Kier alpha value is -5.04. The average molecular weight is 579 g/mol. The highest BCUT2D eigenvalue weighted by atomic mass is 16.5. The van der Waals surface area contributed by atoms with Crippen molar-refractivity contribution in [2.24, 2.45) is 0 Å². The first-order chi connectivity index (χ1) is 20.0. The van der Waals surface area contributed by atoms with Crippen molar-refractivity contribution in [3.8, 4) is 51.7 Å². The van der Waals surface area contributed by atoms with Crippen LogP contribution in [-0.2, 0) is 11.3 Å². The Morgan fingerprint density at radius 2 is 1.19 bits per heavy atom. The van der Waals surface area contributed by atoms with E-state index in [0.29, 0.717) is 5.56 Å². The number of rotatable bonds is 3. The molecule has 0 saturated carbocycles. The van der Waals surface area contributed by atoms with E-state index < -0.39 is 64.8 Å². The monoisotopic (exact) mass is 578 g/mol. The smallest absolute Gasteiger partial charge is 0.157 e. The van der Waals surface area contributed by atoms with E-state index in [0.717, 1.165) is 12.1 Å². The van der Waals surface area contributed by atoms with Crippen LogP contribution in [0.2, 0.25) is 0 Å². The van der Waals surface area contributed by atoms with E-state index in [4.69, 9.17) is 9.47 Å². The Bertz CT molecular complexity index is 1720. The predicted molar refractivity (Wildman–Crippen MR) is 143 cm³/mol. The molecule has 0 aromatic heterocycles. The lowest BCUT2D eigenvalue weighted by molar-refractivity contribution is -0.0666. The maximum absolute atomic E-state index is 11.6. The van der Waals surface area contributed by atoms with E-state index in [2.05, 4.69) is 0 Å². The molecule has 10 N–H and O–H groups in total. The number of hydrogen-bond acceptors (Lipinski definition) is 12. The van der Waals surface area contributed by atoms with Gasteiger partial charge in [0, 0.05) is 28.8 Å². The van der Waals surface area contributed by atoms with Crippen LogP contribution in [0.15, 0.2) is 54.6 Å². The minimum Gasteiger partial charge on any atom is -0.508 e. The molecule has 0 amide bonds. The van der Waals surface area contributed by atoms with Gasteiger partial charge < -0.3 is 60.5 Å². The van der Waals surface area contributed by atoms with Gasteiger partial charge >= 0.3 is 0 Å². The van der Waals surface area contributed by atoms with Gasteiger partial charge in [-0.05, 0) is 47.0 Å². The van der Waals surface area contributed by atoms with Crippen molar-refractivity contribution in [2.75, 3.05) is 0 Å². The normalized spacial score (nSPS) is 23.0. The average Bonchev–Trinajstić information content (AvgIpc) is 2.93. The first-order valence-corrected chi connectivity index (χ1v) is 12.8. The second kappa shape index (κ2) is 9.80. The third kappa shape index (κ3) is 4.20. The molecule has 0 radical (unpaired) electrons. The summed E-state index contributed by atoms with van der Waals surface area (Å²) in [6.45, 7) is -0.263. The maximum atomic E-state index is 11.6. The summed E-state index contributed by atoms with van der Waals surface area (Å²) in [7, 11) is 0. The quantitative estimate of drug-likeness (QED) is 0.158. The van der Waals surface area contributed by atoms with Crippen LogP contribution in [0.3, 0.4) is 0 Å². The van der Waals surface area contributed by atoms with Crippen molar-refractivity contribution in [3.05, 3.63) is 88.0 Å². The molecule has 218 valence electrons. The molecule has 12 heteroatoms. The molecule has 0 aliphatic carbocycles. The number of phenolic OH excluding ortho intramolecular Hbond substituents is 8. The van der Waals surface area contributed by atoms with Crippen molar-refractivity contribution in [2.45, 2.75) is 36.9 Å². The number of phenols is 8. The minimum atomic E-state index is -1.60. The zero-order valence-corrected chi connectivity index (χ0v) is 21.6. The highest BCUT2D eigenvalue weighted by Gasteiger charge is 2.45. The molecule has 0 fully saturated rings. The van der Waals surface area contributed by atoms with Crippen LogP contribution in [0, 0.1) is 0 Å². The molecular weight excluding hydrogens is 552 g/mol. The van der Waals surface area contributed by atoms with E-state index in [1.807, 2.05) is 0 Å². The van der Waals surface area contributed by atoms with Gasteiger partial charge in [0.15, 0.2) is 29.1 Å². The second-order valence-electron chi connectivity index (χ2n) is 10.3. The van der Waals surface area contributed by atoms with Crippen LogP contribution in [0.25, 0.3) is 0 Å². The van der Waals surface area contributed by atoms with Crippen LogP contribution in [0.4, 0.5) is 0 Å². The zero-order valence-electron chi connectivity index (χ0n) is 21.6. The number of hydrogen-bond donors (Lipinski definition) is 10. The molecule has 2 aliphatic heterocycles. The summed E-state index contributed by atoms with van der Waals surface area (Å²) in [5.41, 5.74) is 0.439. The summed E-state index contributed by atoms with van der Waals surface area (Å²) in [6.07, 6.45) is -5.32. The molecule has 12 nitrogen and oxygen atoms in total. The van der Waals surface area contributed by atoms with Crippen molar-refractivity contribution < 1.29 is 60.5 Å². The lowest BCUT2D eigenvalue weighted by atomic mass is 9.77. The summed E-state index contributed by atoms with van der Waals surface area (Å²) >= 11 is 0. The standard InChI is InChI=1S/C30H26O12/c31-13-7-20(36)23-22(8-13)42-30(12-2-4-17(33)19(35)6-12)28(40)25(23)24-21(37)9-14-15(26(24)38)10-41-29(27(14)39)11-1-3-16(32)18(34)5-11/h1-9,25,27-40H,10H2. The van der Waals surface area contributed by atoms with Gasteiger partial charge in [0.1, 0.15) is 47.1 Å². The van der Waals surface area contributed by atoms with Crippen molar-refractivity contribution in [1.29, 1.82) is 0 Å². The van der Waals surface area contributed by atoms with E-state index in [1.54, 1.807) is 0 Å². The highest BCUT2D eigenvalue weighted by Crippen LogP contribution is 2.56. The van der Waals surface area contributed by atoms with Gasteiger partial charge in [-0.25, -0.2) is 0 Å². The molecule has 5 unspecified atom stereocenters. The molecule has 0 saturated heterocycles. The lowest BCUT2D eigenvalue weighted by Gasteiger charge is -2.39. The van der Waals surface area contributed by atoms with Crippen LogP contribution in [-0.4, -0.2) is 57.2 Å². The third-order valence-electron chi connectivity index (χ3n) is 7.76. The highest BCUT2D eigenvalue weighted by molar-refractivity contribution is 5.64. The number of benzene rings is 4. The van der Waals surface area contributed by atoms with E-state index >= 15 is 0 Å². The van der Waals surface area contributed by atoms with Gasteiger partial charge in [-0.3, -0.25) is 0 Å². The molecule has 4 aromatic rings.